The molecule has 3 rings (SSSR count). The van der Waals surface area contributed by atoms with Gasteiger partial charge in [-0.25, -0.2) is 4.39 Å². The van der Waals surface area contributed by atoms with Crippen molar-refractivity contribution in [2.45, 2.75) is 44.5 Å². The van der Waals surface area contributed by atoms with Crippen molar-refractivity contribution in [3.63, 3.8) is 0 Å². The molecule has 6 heteroatoms. The Morgan fingerprint density at radius 3 is 2.77 bits per heavy atom. The third-order valence-corrected chi connectivity index (χ3v) is 5.01. The minimum absolute atomic E-state index is 0.201. The van der Waals surface area contributed by atoms with Crippen LogP contribution in [-0.4, -0.2) is 39.1 Å². The summed E-state index contributed by atoms with van der Waals surface area (Å²) in [7, 11) is 0. The number of carbonyl (C=O) groups is 1. The van der Waals surface area contributed by atoms with Crippen molar-refractivity contribution in [1.82, 2.24) is 15.2 Å². The predicted octanol–water partition coefficient (Wildman–Crippen LogP) is 2.42. The van der Waals surface area contributed by atoms with Crippen molar-refractivity contribution in [3.8, 4) is 0 Å². The Bertz CT molecular complexity index is 767. The first-order valence-electron chi connectivity index (χ1n) is 8.75. The molecule has 1 aliphatic heterocycles. The van der Waals surface area contributed by atoms with Crippen LogP contribution in [0.5, 0.6) is 0 Å². The fourth-order valence-corrected chi connectivity index (χ4v) is 3.65. The Labute approximate surface area is 152 Å². The number of rotatable bonds is 4. The molecular formula is C20H24FN3O2. The molecule has 1 fully saturated rings. The zero-order valence-electron chi connectivity index (χ0n) is 15.0. The van der Waals surface area contributed by atoms with Crippen LogP contribution in [0, 0.1) is 5.82 Å². The van der Waals surface area contributed by atoms with Crippen molar-refractivity contribution in [2.75, 3.05) is 6.54 Å². The Morgan fingerprint density at radius 1 is 1.38 bits per heavy atom. The van der Waals surface area contributed by atoms with Crippen LogP contribution in [-0.2, 0) is 11.3 Å². The first-order chi connectivity index (χ1) is 12.4. The zero-order valence-corrected chi connectivity index (χ0v) is 15.0. The van der Waals surface area contributed by atoms with Crippen molar-refractivity contribution in [2.24, 2.45) is 0 Å². The van der Waals surface area contributed by atoms with Gasteiger partial charge in [0.2, 0.25) is 5.91 Å². The van der Waals surface area contributed by atoms with Gasteiger partial charge in [0.05, 0.1) is 23.9 Å². The summed E-state index contributed by atoms with van der Waals surface area (Å²) in [5, 5.41) is 13.8. The van der Waals surface area contributed by atoms with E-state index in [0.717, 1.165) is 5.56 Å². The van der Waals surface area contributed by atoms with Gasteiger partial charge in [-0.1, -0.05) is 30.3 Å². The minimum Gasteiger partial charge on any atom is -0.388 e. The lowest BCUT2D eigenvalue weighted by molar-refractivity contribution is -0.126. The minimum atomic E-state index is -1.06. The van der Waals surface area contributed by atoms with Crippen molar-refractivity contribution < 1.29 is 14.3 Å². The molecule has 0 spiro atoms. The maximum Gasteiger partial charge on any atom is 0.217 e. The van der Waals surface area contributed by atoms with E-state index in [1.54, 1.807) is 19.2 Å². The van der Waals surface area contributed by atoms with E-state index in [0.29, 0.717) is 25.1 Å². The molecule has 3 atom stereocenters. The molecule has 2 aromatic rings. The average Bonchev–Trinajstić information content (AvgIpc) is 2.60. The van der Waals surface area contributed by atoms with Gasteiger partial charge >= 0.3 is 0 Å². The van der Waals surface area contributed by atoms with Gasteiger partial charge in [0.25, 0.3) is 0 Å². The number of nitrogens with zero attached hydrogens (tertiary/aromatic N) is 2. The molecule has 2 N–H and O–H groups in total. The van der Waals surface area contributed by atoms with E-state index >= 15 is 0 Å². The van der Waals surface area contributed by atoms with Crippen molar-refractivity contribution in [1.29, 1.82) is 0 Å². The summed E-state index contributed by atoms with van der Waals surface area (Å²) in [6.45, 7) is 4.15. The number of piperidine rings is 1. The maximum atomic E-state index is 14.1. The number of likely N-dealkylation sites (tertiary alicyclic amines) is 1. The molecule has 1 aliphatic rings. The first kappa shape index (κ1) is 18.5. The normalized spacial score (nSPS) is 26.5. The summed E-state index contributed by atoms with van der Waals surface area (Å²) in [6, 6.07) is 10.6. The van der Waals surface area contributed by atoms with Gasteiger partial charge in [-0.05, 0) is 25.0 Å². The van der Waals surface area contributed by atoms with E-state index in [4.69, 9.17) is 0 Å². The van der Waals surface area contributed by atoms with Crippen molar-refractivity contribution >= 4 is 5.91 Å². The summed E-state index contributed by atoms with van der Waals surface area (Å²) >= 11 is 0. The summed E-state index contributed by atoms with van der Waals surface area (Å²) in [5.41, 5.74) is 0.462. The highest BCUT2D eigenvalue weighted by Gasteiger charge is 2.45. The number of carbonyl (C=O) groups excluding carboxylic acids is 1. The second kappa shape index (κ2) is 7.51. The van der Waals surface area contributed by atoms with Gasteiger partial charge in [-0.2, -0.15) is 0 Å². The third kappa shape index (κ3) is 3.92. The molecule has 2 heterocycles. The van der Waals surface area contributed by atoms with Crippen LogP contribution in [0.3, 0.4) is 0 Å². The number of nitrogens with one attached hydrogen (secondary N) is 1. The number of pyridine rings is 1. The molecule has 1 saturated heterocycles. The predicted molar refractivity (Wildman–Crippen MR) is 96.6 cm³/mol. The van der Waals surface area contributed by atoms with Gasteiger partial charge in [0.1, 0.15) is 5.82 Å². The van der Waals surface area contributed by atoms with Gasteiger partial charge in [0, 0.05) is 31.8 Å². The summed E-state index contributed by atoms with van der Waals surface area (Å²) in [4.78, 5) is 17.7. The smallest absolute Gasteiger partial charge is 0.217 e. The lowest BCUT2D eigenvalue weighted by atomic mass is 9.79. The molecular weight excluding hydrogens is 333 g/mol. The maximum absolute atomic E-state index is 14.1. The molecule has 1 aromatic heterocycles. The van der Waals surface area contributed by atoms with E-state index in [2.05, 4.69) is 15.2 Å². The molecule has 5 nitrogen and oxygen atoms in total. The summed E-state index contributed by atoms with van der Waals surface area (Å²) < 4.78 is 14.1. The number of hydrogen-bond donors (Lipinski definition) is 2. The van der Waals surface area contributed by atoms with Gasteiger partial charge < -0.3 is 10.4 Å². The molecule has 0 saturated carbocycles. The first-order valence-corrected chi connectivity index (χ1v) is 8.75. The van der Waals surface area contributed by atoms with E-state index in [-0.39, 0.29) is 17.8 Å². The van der Waals surface area contributed by atoms with Gasteiger partial charge in [-0.15, -0.1) is 0 Å². The fourth-order valence-electron chi connectivity index (χ4n) is 3.65. The van der Waals surface area contributed by atoms with E-state index in [1.165, 1.54) is 13.1 Å². The molecule has 0 aliphatic carbocycles. The Kier molecular flexibility index (Phi) is 5.34. The van der Waals surface area contributed by atoms with Crippen LogP contribution >= 0.6 is 0 Å². The highest BCUT2D eigenvalue weighted by Crippen LogP contribution is 2.38. The van der Waals surface area contributed by atoms with Crippen molar-refractivity contribution in [3.05, 3.63) is 65.7 Å². The largest absolute Gasteiger partial charge is 0.388 e. The summed E-state index contributed by atoms with van der Waals surface area (Å²) in [6.07, 6.45) is 3.26. The Balaban J connectivity index is 1.99. The standard InChI is InChI=1S/C20H24FN3O2/c1-14(25)23-19-18(15-6-4-3-5-7-15)24(11-9-20(19,2)26)13-16-8-10-22-12-17(16)21/h3-8,10,12,18-19,26H,9,11,13H2,1-2H3,(H,23,25)/t18-,19-,20+/m0/s1. The molecule has 1 amide bonds. The number of hydrogen-bond acceptors (Lipinski definition) is 4. The number of aliphatic hydroxyl groups is 1. The monoisotopic (exact) mass is 357 g/mol. The van der Waals surface area contributed by atoms with Crippen LogP contribution in [0.15, 0.2) is 48.8 Å². The van der Waals surface area contributed by atoms with Crippen LogP contribution in [0.25, 0.3) is 0 Å². The number of benzene rings is 1. The average molecular weight is 357 g/mol. The van der Waals surface area contributed by atoms with Crippen LogP contribution in [0.2, 0.25) is 0 Å². The molecule has 138 valence electrons. The quantitative estimate of drug-likeness (QED) is 0.882. The second-order valence-corrected chi connectivity index (χ2v) is 7.08. The molecule has 0 unspecified atom stereocenters. The number of aromatic nitrogens is 1. The highest BCUT2D eigenvalue weighted by atomic mass is 19.1. The van der Waals surface area contributed by atoms with E-state index in [1.807, 2.05) is 30.3 Å². The van der Waals surface area contributed by atoms with Crippen LogP contribution in [0.4, 0.5) is 4.39 Å². The Morgan fingerprint density at radius 2 is 2.12 bits per heavy atom. The topological polar surface area (TPSA) is 65.5 Å². The number of halogens is 1. The lowest BCUT2D eigenvalue weighted by Gasteiger charge is -2.49. The Hall–Kier alpha value is -2.31. The van der Waals surface area contributed by atoms with Gasteiger partial charge in [-0.3, -0.25) is 14.7 Å². The summed E-state index contributed by atoms with van der Waals surface area (Å²) in [5.74, 6) is -0.555. The molecule has 26 heavy (non-hydrogen) atoms. The highest BCUT2D eigenvalue weighted by molar-refractivity contribution is 5.73. The van der Waals surface area contributed by atoms with Crippen LogP contribution < -0.4 is 5.32 Å². The lowest BCUT2D eigenvalue weighted by Crippen LogP contribution is -2.62. The molecule has 1 aromatic carbocycles. The van der Waals surface area contributed by atoms with Gasteiger partial charge in [0.15, 0.2) is 0 Å². The second-order valence-electron chi connectivity index (χ2n) is 7.08. The fraction of sp³-hybridized carbons (Fsp3) is 0.400. The SMILES string of the molecule is CC(=O)N[C@H]1[C@H](c2ccccc2)N(Cc2ccncc2F)CC[C@@]1(C)O. The zero-order chi connectivity index (χ0) is 18.7. The molecule has 0 bridgehead atoms. The molecule has 0 radical (unpaired) electrons. The third-order valence-electron chi connectivity index (χ3n) is 5.01. The van der Waals surface area contributed by atoms with E-state index < -0.39 is 11.6 Å². The number of amides is 1. The van der Waals surface area contributed by atoms with E-state index in [9.17, 15) is 14.3 Å². The van der Waals surface area contributed by atoms with Crippen LogP contribution in [0.1, 0.15) is 37.4 Å².